The maximum Gasteiger partial charge on any atom is 0.312 e. The van der Waals surface area contributed by atoms with Crippen molar-refractivity contribution in [1.82, 2.24) is 5.43 Å². The Morgan fingerprint density at radius 3 is 2.68 bits per heavy atom. The number of benzene rings is 2. The van der Waals surface area contributed by atoms with Gasteiger partial charge in [0.2, 0.25) is 5.75 Å². The average molecular weight is 519 g/mol. The molecule has 0 spiro atoms. The molecule has 2 aromatic rings. The van der Waals surface area contributed by atoms with Crippen molar-refractivity contribution in [2.24, 2.45) is 5.10 Å². The number of carbonyl (C=O) groups is 1. The molecule has 1 amide bonds. The van der Waals surface area contributed by atoms with Gasteiger partial charge in [0.1, 0.15) is 0 Å². The summed E-state index contributed by atoms with van der Waals surface area (Å²) in [6.45, 7) is 0.00253. The van der Waals surface area contributed by atoms with Gasteiger partial charge in [-0.3, -0.25) is 14.9 Å². The summed E-state index contributed by atoms with van der Waals surface area (Å²) in [5, 5.41) is 27.3. The van der Waals surface area contributed by atoms with E-state index in [0.29, 0.717) is 4.47 Å². The number of phenols is 1. The lowest BCUT2D eigenvalue weighted by molar-refractivity contribution is -0.385. The highest BCUT2D eigenvalue weighted by Crippen LogP contribution is 2.32. The third kappa shape index (κ3) is 5.67. The fourth-order valence-electron chi connectivity index (χ4n) is 1.81. The van der Waals surface area contributed by atoms with E-state index in [0.717, 1.165) is 15.5 Å². The minimum absolute atomic E-state index is 0.00253. The first-order valence-electron chi connectivity index (χ1n) is 6.85. The van der Waals surface area contributed by atoms with E-state index < -0.39 is 22.3 Å². The fourth-order valence-corrected chi connectivity index (χ4v) is 2.63. The van der Waals surface area contributed by atoms with Gasteiger partial charge in [-0.1, -0.05) is 15.9 Å². The van der Waals surface area contributed by atoms with Crippen molar-refractivity contribution >= 4 is 62.0 Å². The minimum Gasteiger partial charge on any atom is -0.502 e. The highest BCUT2D eigenvalue weighted by Gasteiger charge is 2.17. The molecule has 130 valence electrons. The first kappa shape index (κ1) is 19.1. The van der Waals surface area contributed by atoms with Crippen LogP contribution >= 0.6 is 38.5 Å². The molecule has 0 aromatic heterocycles. The van der Waals surface area contributed by atoms with E-state index >= 15 is 0 Å². The summed E-state index contributed by atoms with van der Waals surface area (Å²) in [5.74, 6) is -0.929. The molecule has 10 heteroatoms. The number of aromatic hydroxyl groups is 1. The Kier molecular flexibility index (Phi) is 6.70. The molecule has 0 fully saturated rings. The number of hydrazone groups is 1. The highest BCUT2D eigenvalue weighted by molar-refractivity contribution is 14.1. The number of hydrogen-bond acceptors (Lipinski definition) is 6. The molecule has 25 heavy (non-hydrogen) atoms. The average Bonchev–Trinajstić information content (AvgIpc) is 2.57. The Hall–Kier alpha value is -2.21. The van der Waals surface area contributed by atoms with Crippen molar-refractivity contribution in [3.8, 4) is 5.75 Å². The number of hydrogen-bond donors (Lipinski definition) is 3. The van der Waals surface area contributed by atoms with Gasteiger partial charge in [0, 0.05) is 25.4 Å². The van der Waals surface area contributed by atoms with Crippen LogP contribution in [0.2, 0.25) is 0 Å². The summed E-state index contributed by atoms with van der Waals surface area (Å²) in [5.41, 5.74) is 2.72. The normalized spacial score (nSPS) is 10.6. The zero-order chi connectivity index (χ0) is 18.4. The van der Waals surface area contributed by atoms with Crippen molar-refractivity contribution in [3.05, 3.63) is 60.1 Å². The zero-order valence-corrected chi connectivity index (χ0v) is 16.3. The van der Waals surface area contributed by atoms with Crippen LogP contribution < -0.4 is 10.7 Å². The molecule has 0 saturated heterocycles. The van der Waals surface area contributed by atoms with Gasteiger partial charge in [-0.2, -0.15) is 5.10 Å². The van der Waals surface area contributed by atoms with Crippen LogP contribution in [0.1, 0.15) is 5.56 Å². The molecule has 8 nitrogen and oxygen atoms in total. The van der Waals surface area contributed by atoms with Crippen LogP contribution in [0.5, 0.6) is 5.75 Å². The molecule has 0 unspecified atom stereocenters. The Bertz CT molecular complexity index is 827. The van der Waals surface area contributed by atoms with Crippen LogP contribution in [0.3, 0.4) is 0 Å². The number of phenolic OH excluding ortho intramolecular Hbond substituents is 1. The molecular weight excluding hydrogens is 507 g/mol. The molecular formula is C15H12BrIN4O4. The maximum absolute atomic E-state index is 11.7. The number of amides is 1. The Morgan fingerprint density at radius 2 is 2.04 bits per heavy atom. The van der Waals surface area contributed by atoms with E-state index in [1.165, 1.54) is 12.1 Å². The van der Waals surface area contributed by atoms with Gasteiger partial charge in [-0.05, 0) is 52.9 Å². The summed E-state index contributed by atoms with van der Waals surface area (Å²) in [7, 11) is 0. The van der Waals surface area contributed by atoms with Crippen LogP contribution in [-0.2, 0) is 4.79 Å². The second-order valence-electron chi connectivity index (χ2n) is 4.77. The molecule has 0 aliphatic carbocycles. The van der Waals surface area contributed by atoms with Crippen LogP contribution in [0.25, 0.3) is 0 Å². The standard InChI is InChI=1S/C15H12BrIN4O4/c16-10-5-9(15(23)13(6-10)21(24)25)7-19-20-14(22)8-18-12-3-1-11(17)2-4-12/h1-7,18,23H,8H2,(H,20,22)/b19-7-. The smallest absolute Gasteiger partial charge is 0.312 e. The lowest BCUT2D eigenvalue weighted by Crippen LogP contribution is -2.25. The summed E-state index contributed by atoms with van der Waals surface area (Å²) < 4.78 is 1.49. The van der Waals surface area contributed by atoms with Crippen LogP contribution in [0.4, 0.5) is 11.4 Å². The third-order valence-electron chi connectivity index (χ3n) is 2.97. The minimum atomic E-state index is -0.707. The lowest BCUT2D eigenvalue weighted by Gasteiger charge is -2.05. The predicted octanol–water partition coefficient (Wildman–Crippen LogP) is 3.23. The lowest BCUT2D eigenvalue weighted by atomic mass is 10.2. The second kappa shape index (κ2) is 8.76. The number of nitrogens with one attached hydrogen (secondary N) is 2. The largest absolute Gasteiger partial charge is 0.502 e. The van der Waals surface area contributed by atoms with E-state index in [1.54, 1.807) is 0 Å². The topological polar surface area (TPSA) is 117 Å². The SMILES string of the molecule is O=C(CNc1ccc(I)cc1)N/N=C\c1cc(Br)cc([N+](=O)[O-])c1O. The van der Waals surface area contributed by atoms with Crippen molar-refractivity contribution in [3.63, 3.8) is 0 Å². The summed E-state index contributed by atoms with van der Waals surface area (Å²) >= 11 is 5.30. The van der Waals surface area contributed by atoms with Crippen LogP contribution in [0, 0.1) is 13.7 Å². The van der Waals surface area contributed by atoms with Gasteiger partial charge in [-0.25, -0.2) is 5.43 Å². The van der Waals surface area contributed by atoms with Crippen LogP contribution in [0.15, 0.2) is 46.0 Å². The van der Waals surface area contributed by atoms with E-state index in [-0.39, 0.29) is 12.1 Å². The molecule has 0 aliphatic rings. The number of halogens is 2. The predicted molar refractivity (Wildman–Crippen MR) is 106 cm³/mol. The maximum atomic E-state index is 11.7. The molecule has 0 bridgehead atoms. The van der Waals surface area contributed by atoms with Crippen LogP contribution in [-0.4, -0.2) is 28.7 Å². The number of carbonyl (C=O) groups excluding carboxylic acids is 1. The highest BCUT2D eigenvalue weighted by atomic mass is 127. The Morgan fingerprint density at radius 1 is 1.36 bits per heavy atom. The zero-order valence-electron chi connectivity index (χ0n) is 12.6. The quantitative estimate of drug-likeness (QED) is 0.235. The van der Waals surface area contributed by atoms with Gasteiger partial charge >= 0.3 is 5.69 Å². The van der Waals surface area contributed by atoms with Gasteiger partial charge in [0.25, 0.3) is 5.91 Å². The molecule has 2 rings (SSSR count). The Labute approximate surface area is 164 Å². The molecule has 0 heterocycles. The number of anilines is 1. The molecule has 0 saturated carbocycles. The van der Waals surface area contributed by atoms with E-state index in [9.17, 15) is 20.0 Å². The third-order valence-corrected chi connectivity index (χ3v) is 4.15. The van der Waals surface area contributed by atoms with E-state index in [1.807, 2.05) is 24.3 Å². The van der Waals surface area contributed by atoms with E-state index in [2.05, 4.69) is 54.4 Å². The second-order valence-corrected chi connectivity index (χ2v) is 6.93. The van der Waals surface area contributed by atoms with Crippen molar-refractivity contribution < 1.29 is 14.8 Å². The van der Waals surface area contributed by atoms with Crippen molar-refractivity contribution in [1.29, 1.82) is 0 Å². The van der Waals surface area contributed by atoms with Crippen molar-refractivity contribution in [2.75, 3.05) is 11.9 Å². The number of nitro benzene ring substituents is 1. The summed E-state index contributed by atoms with van der Waals surface area (Å²) in [6.07, 6.45) is 1.13. The number of nitrogens with zero attached hydrogens (tertiary/aromatic N) is 2. The molecule has 0 radical (unpaired) electrons. The van der Waals surface area contributed by atoms with E-state index in [4.69, 9.17) is 0 Å². The summed E-state index contributed by atoms with van der Waals surface area (Å²) in [6, 6.07) is 10.1. The molecule has 0 atom stereocenters. The van der Waals surface area contributed by atoms with Gasteiger partial charge < -0.3 is 10.4 Å². The molecule has 2 aromatic carbocycles. The number of rotatable bonds is 6. The van der Waals surface area contributed by atoms with Gasteiger partial charge in [-0.15, -0.1) is 0 Å². The number of nitro groups is 1. The van der Waals surface area contributed by atoms with Crippen molar-refractivity contribution in [2.45, 2.75) is 0 Å². The fraction of sp³-hybridized carbons (Fsp3) is 0.0667. The first-order chi connectivity index (χ1) is 11.9. The Balaban J connectivity index is 1.95. The monoisotopic (exact) mass is 518 g/mol. The summed E-state index contributed by atoms with van der Waals surface area (Å²) in [4.78, 5) is 21.9. The first-order valence-corrected chi connectivity index (χ1v) is 8.72. The molecule has 3 N–H and O–H groups in total. The van der Waals surface area contributed by atoms with Gasteiger partial charge in [0.15, 0.2) is 0 Å². The molecule has 0 aliphatic heterocycles. The van der Waals surface area contributed by atoms with Gasteiger partial charge in [0.05, 0.1) is 17.7 Å².